The lowest BCUT2D eigenvalue weighted by Gasteiger charge is -2.12. The number of rotatable bonds is 8. The predicted octanol–water partition coefficient (Wildman–Crippen LogP) is 4.38. The maximum Gasteiger partial charge on any atom is 0.241 e. The summed E-state index contributed by atoms with van der Waals surface area (Å²) in [7, 11) is -3.65. The highest BCUT2D eigenvalue weighted by atomic mass is 32.2. The van der Waals surface area contributed by atoms with Gasteiger partial charge in [-0.05, 0) is 37.4 Å². The molecule has 164 valence electrons. The Labute approximate surface area is 188 Å². The maximum absolute atomic E-state index is 12.8. The second kappa shape index (κ2) is 9.33. The summed E-state index contributed by atoms with van der Waals surface area (Å²) in [5.74, 6) is 1.10. The monoisotopic (exact) mass is 447 g/mol. The number of hydrogen-bond donors (Lipinski definition) is 3. The molecule has 0 atom stereocenters. The van der Waals surface area contributed by atoms with Gasteiger partial charge in [-0.3, -0.25) is 0 Å². The third kappa shape index (κ3) is 5.22. The average molecular weight is 448 g/mol. The van der Waals surface area contributed by atoms with Gasteiger partial charge in [0, 0.05) is 35.9 Å². The molecule has 8 heteroatoms. The quantitative estimate of drug-likeness (QED) is 0.347. The van der Waals surface area contributed by atoms with Gasteiger partial charge in [-0.25, -0.2) is 18.1 Å². The molecule has 0 radical (unpaired) electrons. The standard InChI is InChI=1S/C24H25N5O2S/c1-17-10-12-20(13-11-17)28-23-16-18(2)27-24(29-23)25-14-15-26-32(30,31)22-9-5-7-19-6-3-4-8-21(19)22/h3-13,16,26H,14-15H2,1-2H3,(H2,25,27,28,29). The summed E-state index contributed by atoms with van der Waals surface area (Å²) >= 11 is 0. The van der Waals surface area contributed by atoms with Crippen LogP contribution in [0.4, 0.5) is 17.5 Å². The lowest BCUT2D eigenvalue weighted by Crippen LogP contribution is -2.29. The van der Waals surface area contributed by atoms with Gasteiger partial charge >= 0.3 is 0 Å². The van der Waals surface area contributed by atoms with E-state index in [1.165, 1.54) is 5.56 Å². The maximum atomic E-state index is 12.8. The fourth-order valence-electron chi connectivity index (χ4n) is 3.36. The van der Waals surface area contributed by atoms with E-state index in [0.29, 0.717) is 23.7 Å². The van der Waals surface area contributed by atoms with Crippen LogP contribution in [0.15, 0.2) is 77.7 Å². The molecular weight excluding hydrogens is 422 g/mol. The van der Waals surface area contributed by atoms with E-state index in [0.717, 1.165) is 16.8 Å². The first-order valence-corrected chi connectivity index (χ1v) is 11.8. The summed E-state index contributed by atoms with van der Waals surface area (Å²) in [4.78, 5) is 9.13. The minimum Gasteiger partial charge on any atom is -0.353 e. The van der Waals surface area contributed by atoms with E-state index in [1.807, 2.05) is 74.5 Å². The van der Waals surface area contributed by atoms with E-state index in [9.17, 15) is 8.42 Å². The first kappa shape index (κ1) is 21.7. The van der Waals surface area contributed by atoms with Crippen LogP contribution >= 0.6 is 0 Å². The number of sulfonamides is 1. The van der Waals surface area contributed by atoms with Gasteiger partial charge in [0.25, 0.3) is 0 Å². The molecule has 0 bridgehead atoms. The highest BCUT2D eigenvalue weighted by molar-refractivity contribution is 7.89. The van der Waals surface area contributed by atoms with Gasteiger partial charge in [0.15, 0.2) is 0 Å². The van der Waals surface area contributed by atoms with E-state index in [-0.39, 0.29) is 11.4 Å². The molecule has 0 aliphatic carbocycles. The van der Waals surface area contributed by atoms with Gasteiger partial charge in [-0.2, -0.15) is 4.98 Å². The number of anilines is 3. The molecule has 0 amide bonds. The Hall–Kier alpha value is -3.49. The zero-order valence-corrected chi connectivity index (χ0v) is 18.8. The van der Waals surface area contributed by atoms with Gasteiger partial charge in [0.05, 0.1) is 4.90 Å². The van der Waals surface area contributed by atoms with Crippen LogP contribution in [-0.4, -0.2) is 31.5 Å². The van der Waals surface area contributed by atoms with Crippen LogP contribution in [0.25, 0.3) is 10.8 Å². The van der Waals surface area contributed by atoms with E-state index in [1.54, 1.807) is 12.1 Å². The van der Waals surface area contributed by atoms with Crippen molar-refractivity contribution in [1.29, 1.82) is 0 Å². The largest absolute Gasteiger partial charge is 0.353 e. The van der Waals surface area contributed by atoms with Crippen molar-refractivity contribution < 1.29 is 8.42 Å². The minimum atomic E-state index is -3.65. The summed E-state index contributed by atoms with van der Waals surface area (Å²) in [5.41, 5.74) is 2.92. The SMILES string of the molecule is Cc1ccc(Nc2cc(C)nc(NCCNS(=O)(=O)c3cccc4ccccc34)n2)cc1. The first-order chi connectivity index (χ1) is 15.4. The normalized spacial score (nSPS) is 11.4. The highest BCUT2D eigenvalue weighted by Crippen LogP contribution is 2.22. The number of fused-ring (bicyclic) bond motifs is 1. The van der Waals surface area contributed by atoms with Crippen molar-refractivity contribution >= 4 is 38.2 Å². The molecule has 4 aromatic rings. The van der Waals surface area contributed by atoms with Crippen molar-refractivity contribution in [2.45, 2.75) is 18.7 Å². The number of nitrogens with zero attached hydrogens (tertiary/aromatic N) is 2. The number of aryl methyl sites for hydroxylation is 2. The average Bonchev–Trinajstić information content (AvgIpc) is 2.77. The third-order valence-corrected chi connectivity index (χ3v) is 6.44. The van der Waals surface area contributed by atoms with E-state index in [2.05, 4.69) is 25.3 Å². The van der Waals surface area contributed by atoms with Crippen molar-refractivity contribution in [3.63, 3.8) is 0 Å². The van der Waals surface area contributed by atoms with Crippen molar-refractivity contribution in [1.82, 2.24) is 14.7 Å². The molecule has 1 aromatic heterocycles. The molecule has 0 fully saturated rings. The Morgan fingerprint density at radius 3 is 2.41 bits per heavy atom. The molecule has 4 rings (SSSR count). The van der Waals surface area contributed by atoms with Crippen LogP contribution in [0.2, 0.25) is 0 Å². The molecule has 32 heavy (non-hydrogen) atoms. The van der Waals surface area contributed by atoms with Crippen molar-refractivity contribution in [3.8, 4) is 0 Å². The molecule has 0 saturated heterocycles. The van der Waals surface area contributed by atoms with Crippen molar-refractivity contribution in [2.75, 3.05) is 23.7 Å². The van der Waals surface area contributed by atoms with E-state index >= 15 is 0 Å². The molecule has 0 aliphatic rings. The van der Waals surface area contributed by atoms with Crippen LogP contribution in [-0.2, 0) is 10.0 Å². The zero-order valence-electron chi connectivity index (χ0n) is 18.0. The van der Waals surface area contributed by atoms with Crippen LogP contribution in [0, 0.1) is 13.8 Å². The predicted molar refractivity (Wildman–Crippen MR) is 129 cm³/mol. The topological polar surface area (TPSA) is 96.0 Å². The number of nitrogens with one attached hydrogen (secondary N) is 3. The van der Waals surface area contributed by atoms with Crippen LogP contribution in [0.1, 0.15) is 11.3 Å². The second-order valence-electron chi connectivity index (χ2n) is 7.51. The lowest BCUT2D eigenvalue weighted by molar-refractivity contribution is 0.583. The summed E-state index contributed by atoms with van der Waals surface area (Å²) in [6.07, 6.45) is 0. The van der Waals surface area contributed by atoms with E-state index in [4.69, 9.17) is 0 Å². The molecule has 0 spiro atoms. The Balaban J connectivity index is 1.39. The lowest BCUT2D eigenvalue weighted by atomic mass is 10.1. The highest BCUT2D eigenvalue weighted by Gasteiger charge is 2.16. The van der Waals surface area contributed by atoms with Crippen LogP contribution < -0.4 is 15.4 Å². The molecule has 3 N–H and O–H groups in total. The number of hydrogen-bond acceptors (Lipinski definition) is 6. The fraction of sp³-hybridized carbons (Fsp3) is 0.167. The Morgan fingerprint density at radius 2 is 1.59 bits per heavy atom. The van der Waals surface area contributed by atoms with Gasteiger partial charge in [-0.15, -0.1) is 0 Å². The Kier molecular flexibility index (Phi) is 6.34. The molecule has 0 saturated carbocycles. The summed E-state index contributed by atoms with van der Waals surface area (Å²) < 4.78 is 28.3. The van der Waals surface area contributed by atoms with Gasteiger partial charge in [0.2, 0.25) is 16.0 Å². The molecule has 0 aliphatic heterocycles. The van der Waals surface area contributed by atoms with Gasteiger partial charge in [0.1, 0.15) is 5.82 Å². The molecule has 7 nitrogen and oxygen atoms in total. The van der Waals surface area contributed by atoms with Crippen molar-refractivity contribution in [3.05, 3.63) is 84.1 Å². The summed E-state index contributed by atoms with van der Waals surface area (Å²) in [5, 5.41) is 7.94. The fourth-order valence-corrected chi connectivity index (χ4v) is 4.62. The van der Waals surface area contributed by atoms with Crippen molar-refractivity contribution in [2.24, 2.45) is 0 Å². The molecule has 1 heterocycles. The Morgan fingerprint density at radius 1 is 0.844 bits per heavy atom. The van der Waals surface area contributed by atoms with E-state index < -0.39 is 10.0 Å². The smallest absolute Gasteiger partial charge is 0.241 e. The minimum absolute atomic E-state index is 0.198. The van der Waals surface area contributed by atoms with Gasteiger partial charge in [-0.1, -0.05) is 54.1 Å². The molecule has 0 unspecified atom stereocenters. The van der Waals surface area contributed by atoms with Crippen LogP contribution in [0.3, 0.4) is 0 Å². The first-order valence-electron chi connectivity index (χ1n) is 10.3. The second-order valence-corrected chi connectivity index (χ2v) is 9.25. The summed E-state index contributed by atoms with van der Waals surface area (Å²) in [6, 6.07) is 22.6. The molecule has 3 aromatic carbocycles. The number of aromatic nitrogens is 2. The van der Waals surface area contributed by atoms with Crippen LogP contribution in [0.5, 0.6) is 0 Å². The number of benzene rings is 3. The Bertz CT molecular complexity index is 1330. The zero-order chi connectivity index (χ0) is 22.6. The third-order valence-electron chi connectivity index (χ3n) is 4.92. The molecular formula is C24H25N5O2S. The summed E-state index contributed by atoms with van der Waals surface area (Å²) in [6.45, 7) is 4.46. The van der Waals surface area contributed by atoms with Gasteiger partial charge < -0.3 is 10.6 Å².